The molecule has 104 valence electrons. The minimum atomic E-state index is -0.0197. The number of aromatic nitrogens is 1. The Labute approximate surface area is 123 Å². The van der Waals surface area contributed by atoms with E-state index in [9.17, 15) is 4.79 Å². The van der Waals surface area contributed by atoms with Gasteiger partial charge >= 0.3 is 0 Å². The zero-order valence-electron chi connectivity index (χ0n) is 11.7. The lowest BCUT2D eigenvalue weighted by Gasteiger charge is -2.14. The smallest absolute Gasteiger partial charge is 0.230 e. The first kappa shape index (κ1) is 14.6. The van der Waals surface area contributed by atoms with E-state index in [0.717, 1.165) is 10.5 Å². The molecule has 1 heterocycles. The fourth-order valence-electron chi connectivity index (χ4n) is 1.86. The Bertz CT molecular complexity index is 572. The summed E-state index contributed by atoms with van der Waals surface area (Å²) in [5.41, 5.74) is 2.22. The highest BCUT2D eigenvalue weighted by molar-refractivity contribution is 8.00. The van der Waals surface area contributed by atoms with Gasteiger partial charge in [-0.05, 0) is 37.1 Å². The van der Waals surface area contributed by atoms with Gasteiger partial charge in [0.15, 0.2) is 0 Å². The van der Waals surface area contributed by atoms with Crippen molar-refractivity contribution in [1.29, 1.82) is 0 Å². The molecule has 0 saturated carbocycles. The number of nitrogens with one attached hydrogen (secondary N) is 1. The van der Waals surface area contributed by atoms with Crippen LogP contribution in [0.4, 0.5) is 0 Å². The van der Waals surface area contributed by atoms with E-state index in [1.807, 2.05) is 37.3 Å². The molecule has 4 heteroatoms. The molecule has 1 aromatic carbocycles. The van der Waals surface area contributed by atoms with Crippen LogP contribution in [0, 0.1) is 6.92 Å². The van der Waals surface area contributed by atoms with Gasteiger partial charge in [0.25, 0.3) is 0 Å². The van der Waals surface area contributed by atoms with Crippen LogP contribution in [0.1, 0.15) is 24.1 Å². The average molecular weight is 286 g/mol. The van der Waals surface area contributed by atoms with Crippen LogP contribution in [0.3, 0.4) is 0 Å². The van der Waals surface area contributed by atoms with Gasteiger partial charge in [-0.2, -0.15) is 0 Å². The molecule has 0 aliphatic rings. The number of thioether (sulfide) groups is 1. The van der Waals surface area contributed by atoms with Crippen LogP contribution >= 0.6 is 11.8 Å². The van der Waals surface area contributed by atoms with Crippen molar-refractivity contribution in [1.82, 2.24) is 10.3 Å². The minimum absolute atomic E-state index is 0.0197. The molecule has 0 fully saturated rings. The fraction of sp³-hybridized carbons (Fsp3) is 0.250. The summed E-state index contributed by atoms with van der Waals surface area (Å²) in [7, 11) is 0. The van der Waals surface area contributed by atoms with E-state index in [4.69, 9.17) is 0 Å². The topological polar surface area (TPSA) is 42.0 Å². The Kier molecular flexibility index (Phi) is 5.18. The first-order valence-corrected chi connectivity index (χ1v) is 7.53. The number of carbonyl (C=O) groups is 1. The third kappa shape index (κ3) is 4.10. The maximum Gasteiger partial charge on any atom is 0.230 e. The van der Waals surface area contributed by atoms with Gasteiger partial charge in [0.05, 0.1) is 11.8 Å². The van der Waals surface area contributed by atoms with E-state index in [1.165, 1.54) is 5.56 Å². The van der Waals surface area contributed by atoms with Crippen molar-refractivity contribution in [2.75, 3.05) is 5.75 Å². The van der Waals surface area contributed by atoms with Crippen LogP contribution in [-0.2, 0) is 4.79 Å². The fourth-order valence-corrected chi connectivity index (χ4v) is 2.70. The Morgan fingerprint density at radius 2 is 2.10 bits per heavy atom. The van der Waals surface area contributed by atoms with E-state index < -0.39 is 0 Å². The van der Waals surface area contributed by atoms with Gasteiger partial charge in [-0.25, -0.2) is 0 Å². The molecule has 2 rings (SSSR count). The molecule has 0 saturated heterocycles. The summed E-state index contributed by atoms with van der Waals surface area (Å²) >= 11 is 1.56. The third-order valence-electron chi connectivity index (χ3n) is 3.01. The van der Waals surface area contributed by atoms with Crippen molar-refractivity contribution in [2.45, 2.75) is 24.8 Å². The second kappa shape index (κ2) is 7.10. The number of hydrogen-bond donors (Lipinski definition) is 1. The van der Waals surface area contributed by atoms with Gasteiger partial charge in [0, 0.05) is 17.3 Å². The molecule has 2 aromatic rings. The van der Waals surface area contributed by atoms with Gasteiger partial charge in [-0.1, -0.05) is 24.3 Å². The summed E-state index contributed by atoms with van der Waals surface area (Å²) in [6.45, 7) is 4.02. The number of aryl methyl sites for hydroxylation is 1. The van der Waals surface area contributed by atoms with Crippen LogP contribution < -0.4 is 5.32 Å². The first-order chi connectivity index (χ1) is 9.66. The summed E-state index contributed by atoms with van der Waals surface area (Å²) in [5, 5.41) is 2.99. The van der Waals surface area contributed by atoms with E-state index >= 15 is 0 Å². The SMILES string of the molecule is Cc1ccccc1SCC(=O)NC(C)c1cccnc1. The number of hydrogen-bond acceptors (Lipinski definition) is 3. The molecule has 3 nitrogen and oxygen atoms in total. The average Bonchev–Trinajstić information content (AvgIpc) is 2.47. The monoisotopic (exact) mass is 286 g/mol. The van der Waals surface area contributed by atoms with Crippen molar-refractivity contribution in [3.05, 3.63) is 59.9 Å². The Balaban J connectivity index is 1.86. The standard InChI is InChI=1S/C16H18N2OS/c1-12-6-3-4-8-15(12)20-11-16(19)18-13(2)14-7-5-9-17-10-14/h3-10,13H,11H2,1-2H3,(H,18,19). The lowest BCUT2D eigenvalue weighted by Crippen LogP contribution is -2.28. The molecule has 0 aliphatic carbocycles. The molecule has 0 bridgehead atoms. The number of pyridine rings is 1. The maximum atomic E-state index is 12.0. The number of amides is 1. The van der Waals surface area contributed by atoms with Gasteiger partial charge < -0.3 is 5.32 Å². The molecule has 1 atom stereocenters. The van der Waals surface area contributed by atoms with E-state index in [2.05, 4.69) is 23.3 Å². The highest BCUT2D eigenvalue weighted by Crippen LogP contribution is 2.21. The van der Waals surface area contributed by atoms with Crippen LogP contribution in [-0.4, -0.2) is 16.6 Å². The van der Waals surface area contributed by atoms with E-state index in [0.29, 0.717) is 5.75 Å². The summed E-state index contributed by atoms with van der Waals surface area (Å²) < 4.78 is 0. The maximum absolute atomic E-state index is 12.0. The largest absolute Gasteiger partial charge is 0.349 e. The van der Waals surface area contributed by atoms with Crippen molar-refractivity contribution in [3.63, 3.8) is 0 Å². The van der Waals surface area contributed by atoms with Crippen molar-refractivity contribution in [2.24, 2.45) is 0 Å². The molecule has 0 aliphatic heterocycles. The Morgan fingerprint density at radius 3 is 2.80 bits per heavy atom. The van der Waals surface area contributed by atoms with Crippen LogP contribution in [0.5, 0.6) is 0 Å². The zero-order chi connectivity index (χ0) is 14.4. The summed E-state index contributed by atoms with van der Waals surface area (Å²) in [6, 6.07) is 11.9. The minimum Gasteiger partial charge on any atom is -0.349 e. The number of rotatable bonds is 5. The number of nitrogens with zero attached hydrogens (tertiary/aromatic N) is 1. The van der Waals surface area contributed by atoms with Crippen molar-refractivity contribution < 1.29 is 4.79 Å². The lowest BCUT2D eigenvalue weighted by molar-refractivity contribution is -0.119. The second-order valence-electron chi connectivity index (χ2n) is 4.63. The number of carbonyl (C=O) groups excluding carboxylic acids is 1. The van der Waals surface area contributed by atoms with Gasteiger partial charge in [-0.15, -0.1) is 11.8 Å². The van der Waals surface area contributed by atoms with E-state index in [1.54, 1.807) is 24.2 Å². The molecule has 1 aromatic heterocycles. The lowest BCUT2D eigenvalue weighted by atomic mass is 10.1. The highest BCUT2D eigenvalue weighted by atomic mass is 32.2. The first-order valence-electron chi connectivity index (χ1n) is 6.54. The summed E-state index contributed by atoms with van der Waals surface area (Å²) in [4.78, 5) is 17.2. The predicted octanol–water partition coefficient (Wildman–Crippen LogP) is 3.36. The molecule has 1 N–H and O–H groups in total. The summed E-state index contributed by atoms with van der Waals surface area (Å²) in [6.07, 6.45) is 3.51. The van der Waals surface area contributed by atoms with Crippen LogP contribution in [0.25, 0.3) is 0 Å². The van der Waals surface area contributed by atoms with Gasteiger partial charge in [0.2, 0.25) is 5.91 Å². The van der Waals surface area contributed by atoms with Gasteiger partial charge in [-0.3, -0.25) is 9.78 Å². The van der Waals surface area contributed by atoms with Crippen molar-refractivity contribution in [3.8, 4) is 0 Å². The Hall–Kier alpha value is -1.81. The predicted molar refractivity (Wildman–Crippen MR) is 82.7 cm³/mol. The highest BCUT2D eigenvalue weighted by Gasteiger charge is 2.10. The summed E-state index contributed by atoms with van der Waals surface area (Å²) in [5.74, 6) is 0.463. The third-order valence-corrected chi connectivity index (χ3v) is 4.19. The molecule has 0 radical (unpaired) electrons. The molecule has 0 spiro atoms. The quantitative estimate of drug-likeness (QED) is 0.857. The molecule has 20 heavy (non-hydrogen) atoms. The molecule has 1 unspecified atom stereocenters. The molecule has 1 amide bonds. The second-order valence-corrected chi connectivity index (χ2v) is 5.65. The van der Waals surface area contributed by atoms with Crippen molar-refractivity contribution >= 4 is 17.7 Å². The number of benzene rings is 1. The van der Waals surface area contributed by atoms with Gasteiger partial charge in [0.1, 0.15) is 0 Å². The van der Waals surface area contributed by atoms with Crippen LogP contribution in [0.15, 0.2) is 53.7 Å². The van der Waals surface area contributed by atoms with E-state index in [-0.39, 0.29) is 11.9 Å². The molecular weight excluding hydrogens is 268 g/mol. The molecular formula is C16H18N2OS. The Morgan fingerprint density at radius 1 is 1.30 bits per heavy atom. The normalized spacial score (nSPS) is 11.9. The zero-order valence-corrected chi connectivity index (χ0v) is 12.5. The van der Waals surface area contributed by atoms with Crippen LogP contribution in [0.2, 0.25) is 0 Å².